The number of aromatic nitrogens is 2. The van der Waals surface area contributed by atoms with E-state index in [0.717, 1.165) is 25.9 Å². The van der Waals surface area contributed by atoms with Crippen molar-refractivity contribution in [3.63, 3.8) is 0 Å². The average molecular weight is 316 g/mol. The second kappa shape index (κ2) is 7.23. The number of ether oxygens (including phenoxy) is 1. The monoisotopic (exact) mass is 316 g/mol. The van der Waals surface area contributed by atoms with Gasteiger partial charge in [0.2, 0.25) is 11.8 Å². The molecule has 1 aliphatic rings. The Bertz CT molecular complexity index is 665. The van der Waals surface area contributed by atoms with Gasteiger partial charge in [0.25, 0.3) is 0 Å². The fourth-order valence-corrected chi connectivity index (χ4v) is 2.67. The van der Waals surface area contributed by atoms with Gasteiger partial charge in [-0.2, -0.15) is 4.98 Å². The van der Waals surface area contributed by atoms with Crippen molar-refractivity contribution in [1.29, 1.82) is 0 Å². The molecule has 1 fully saturated rings. The Balaban J connectivity index is 1.56. The van der Waals surface area contributed by atoms with Crippen molar-refractivity contribution in [3.05, 3.63) is 36.0 Å². The molecule has 0 spiro atoms. The molecule has 0 saturated carbocycles. The molecule has 7 heteroatoms. The van der Waals surface area contributed by atoms with Gasteiger partial charge in [-0.3, -0.25) is 4.79 Å². The third-order valence-electron chi connectivity index (χ3n) is 3.84. The Morgan fingerprint density at radius 2 is 2.35 bits per heavy atom. The van der Waals surface area contributed by atoms with Crippen LogP contribution in [0.25, 0.3) is 0 Å². The van der Waals surface area contributed by atoms with Gasteiger partial charge in [0, 0.05) is 6.42 Å². The molecule has 1 aliphatic heterocycles. The highest BCUT2D eigenvalue weighted by Crippen LogP contribution is 2.23. The first-order valence-electron chi connectivity index (χ1n) is 7.69. The standard InChI is InChI=1S/C16H20N4O3/c1-22-13-5-3-2-4-12(13)18-15(21)9-14-19-16(23-20-14)8-11-6-7-17-10-11/h2-5,11,17H,6-10H2,1H3,(H,18,21). The molecule has 1 amide bonds. The number of carbonyl (C=O) groups is 1. The maximum absolute atomic E-state index is 12.1. The SMILES string of the molecule is COc1ccccc1NC(=O)Cc1noc(CC2CCNC2)n1. The molecule has 2 aromatic rings. The van der Waals surface area contributed by atoms with Crippen molar-refractivity contribution < 1.29 is 14.1 Å². The molecule has 2 heterocycles. The molecule has 0 bridgehead atoms. The van der Waals surface area contributed by atoms with E-state index in [-0.39, 0.29) is 12.3 Å². The quantitative estimate of drug-likeness (QED) is 0.837. The first kappa shape index (κ1) is 15.5. The van der Waals surface area contributed by atoms with Gasteiger partial charge < -0.3 is 19.9 Å². The van der Waals surface area contributed by atoms with Crippen LogP contribution >= 0.6 is 0 Å². The number of carbonyl (C=O) groups excluding carboxylic acids is 1. The number of para-hydroxylation sites is 2. The van der Waals surface area contributed by atoms with Crippen molar-refractivity contribution >= 4 is 11.6 Å². The summed E-state index contributed by atoms with van der Waals surface area (Å²) in [7, 11) is 1.56. The lowest BCUT2D eigenvalue weighted by atomic mass is 10.1. The van der Waals surface area contributed by atoms with Crippen LogP contribution in [0, 0.1) is 5.92 Å². The van der Waals surface area contributed by atoms with E-state index in [1.54, 1.807) is 19.2 Å². The van der Waals surface area contributed by atoms with E-state index in [0.29, 0.717) is 29.1 Å². The lowest BCUT2D eigenvalue weighted by molar-refractivity contribution is -0.115. The Morgan fingerprint density at radius 1 is 1.48 bits per heavy atom. The molecule has 3 rings (SSSR count). The summed E-state index contributed by atoms with van der Waals surface area (Å²) in [4.78, 5) is 16.4. The smallest absolute Gasteiger partial charge is 0.232 e. The molecule has 7 nitrogen and oxygen atoms in total. The van der Waals surface area contributed by atoms with Gasteiger partial charge in [-0.25, -0.2) is 0 Å². The molecule has 1 aromatic heterocycles. The van der Waals surface area contributed by atoms with Gasteiger partial charge in [0.15, 0.2) is 5.82 Å². The summed E-state index contributed by atoms with van der Waals surface area (Å²) in [6.07, 6.45) is 1.95. The Kier molecular flexibility index (Phi) is 4.87. The van der Waals surface area contributed by atoms with Crippen LogP contribution in [0.2, 0.25) is 0 Å². The molecule has 1 atom stereocenters. The van der Waals surface area contributed by atoms with Gasteiger partial charge in [-0.1, -0.05) is 17.3 Å². The third kappa shape index (κ3) is 4.07. The number of benzene rings is 1. The second-order valence-electron chi connectivity index (χ2n) is 5.59. The highest BCUT2D eigenvalue weighted by Gasteiger charge is 2.19. The molecular formula is C16H20N4O3. The van der Waals surface area contributed by atoms with Crippen LogP contribution in [0.1, 0.15) is 18.1 Å². The van der Waals surface area contributed by atoms with Crippen molar-refractivity contribution in [2.24, 2.45) is 5.92 Å². The highest BCUT2D eigenvalue weighted by molar-refractivity contribution is 5.93. The van der Waals surface area contributed by atoms with Crippen LogP contribution in [0.4, 0.5) is 5.69 Å². The first-order valence-corrected chi connectivity index (χ1v) is 7.69. The molecule has 1 unspecified atom stereocenters. The van der Waals surface area contributed by atoms with Crippen LogP contribution in [-0.4, -0.2) is 36.2 Å². The van der Waals surface area contributed by atoms with E-state index >= 15 is 0 Å². The third-order valence-corrected chi connectivity index (χ3v) is 3.84. The number of methoxy groups -OCH3 is 1. The summed E-state index contributed by atoms with van der Waals surface area (Å²) in [6.45, 7) is 2.01. The normalized spacial score (nSPS) is 17.2. The van der Waals surface area contributed by atoms with Crippen LogP contribution < -0.4 is 15.4 Å². The fraction of sp³-hybridized carbons (Fsp3) is 0.438. The van der Waals surface area contributed by atoms with E-state index in [2.05, 4.69) is 20.8 Å². The van der Waals surface area contributed by atoms with Crippen molar-refractivity contribution in [2.45, 2.75) is 19.3 Å². The van der Waals surface area contributed by atoms with E-state index in [9.17, 15) is 4.79 Å². The molecule has 1 aromatic carbocycles. The highest BCUT2D eigenvalue weighted by atomic mass is 16.5. The molecule has 122 valence electrons. The topological polar surface area (TPSA) is 89.3 Å². The maximum atomic E-state index is 12.1. The minimum atomic E-state index is -0.204. The zero-order valence-corrected chi connectivity index (χ0v) is 13.0. The molecular weight excluding hydrogens is 296 g/mol. The number of amides is 1. The summed E-state index contributed by atoms with van der Waals surface area (Å²) < 4.78 is 10.4. The van der Waals surface area contributed by atoms with Gasteiger partial charge in [-0.15, -0.1) is 0 Å². The van der Waals surface area contributed by atoms with Crippen molar-refractivity contribution in [1.82, 2.24) is 15.5 Å². The summed E-state index contributed by atoms with van der Waals surface area (Å²) >= 11 is 0. The predicted octanol–water partition coefficient (Wildman–Crippen LogP) is 1.41. The van der Waals surface area contributed by atoms with E-state index in [1.807, 2.05) is 12.1 Å². The van der Waals surface area contributed by atoms with Crippen LogP contribution in [0.5, 0.6) is 5.75 Å². The predicted molar refractivity (Wildman–Crippen MR) is 84.3 cm³/mol. The number of hydrogen-bond donors (Lipinski definition) is 2. The van der Waals surface area contributed by atoms with Crippen molar-refractivity contribution in [3.8, 4) is 5.75 Å². The number of nitrogens with one attached hydrogen (secondary N) is 2. The number of hydrogen-bond acceptors (Lipinski definition) is 6. The summed E-state index contributed by atoms with van der Waals surface area (Å²) in [6, 6.07) is 7.25. The van der Waals surface area contributed by atoms with Gasteiger partial charge in [0.05, 0.1) is 19.2 Å². The number of rotatable bonds is 6. The maximum Gasteiger partial charge on any atom is 0.232 e. The largest absolute Gasteiger partial charge is 0.495 e. The molecule has 23 heavy (non-hydrogen) atoms. The van der Waals surface area contributed by atoms with E-state index in [4.69, 9.17) is 9.26 Å². The summed E-state index contributed by atoms with van der Waals surface area (Å²) in [5.74, 6) is 1.94. The molecule has 0 radical (unpaired) electrons. The Morgan fingerprint density at radius 3 is 3.13 bits per heavy atom. The molecule has 0 aliphatic carbocycles. The first-order chi connectivity index (χ1) is 11.2. The number of anilines is 1. The van der Waals surface area contributed by atoms with E-state index < -0.39 is 0 Å². The Labute approximate surface area is 134 Å². The average Bonchev–Trinajstić information content (AvgIpc) is 3.20. The van der Waals surface area contributed by atoms with Crippen LogP contribution in [0.15, 0.2) is 28.8 Å². The molecule has 1 saturated heterocycles. The van der Waals surface area contributed by atoms with E-state index in [1.165, 1.54) is 0 Å². The Hall–Kier alpha value is -2.41. The molecule has 2 N–H and O–H groups in total. The zero-order chi connectivity index (χ0) is 16.1. The van der Waals surface area contributed by atoms with Gasteiger partial charge >= 0.3 is 0 Å². The van der Waals surface area contributed by atoms with Crippen LogP contribution in [-0.2, 0) is 17.6 Å². The lowest BCUT2D eigenvalue weighted by Gasteiger charge is -2.08. The minimum Gasteiger partial charge on any atom is -0.495 e. The minimum absolute atomic E-state index is 0.0739. The zero-order valence-electron chi connectivity index (χ0n) is 13.0. The summed E-state index contributed by atoms with van der Waals surface area (Å²) in [5, 5.41) is 9.98. The summed E-state index contributed by atoms with van der Waals surface area (Å²) in [5.41, 5.74) is 0.626. The number of nitrogens with zero attached hydrogens (tertiary/aromatic N) is 2. The van der Waals surface area contributed by atoms with Gasteiger partial charge in [0.1, 0.15) is 5.75 Å². The van der Waals surface area contributed by atoms with Crippen LogP contribution in [0.3, 0.4) is 0 Å². The lowest BCUT2D eigenvalue weighted by Crippen LogP contribution is -2.16. The fourth-order valence-electron chi connectivity index (χ4n) is 2.67. The second-order valence-corrected chi connectivity index (χ2v) is 5.59. The van der Waals surface area contributed by atoms with Gasteiger partial charge in [-0.05, 0) is 37.6 Å². The van der Waals surface area contributed by atoms with Crippen molar-refractivity contribution in [2.75, 3.05) is 25.5 Å².